The van der Waals surface area contributed by atoms with Crippen LogP contribution >= 0.6 is 0 Å². The predicted octanol–water partition coefficient (Wildman–Crippen LogP) is 2.75. The van der Waals surface area contributed by atoms with Crippen LogP contribution in [0.3, 0.4) is 0 Å². The van der Waals surface area contributed by atoms with E-state index in [1.807, 2.05) is 0 Å². The highest BCUT2D eigenvalue weighted by Crippen LogP contribution is 2.58. The second kappa shape index (κ2) is 1.62. The largest absolute Gasteiger partial charge is 0.236 e. The van der Waals surface area contributed by atoms with Crippen LogP contribution in [0.5, 0.6) is 0 Å². The van der Waals surface area contributed by atoms with E-state index in [1.165, 1.54) is 0 Å². The first-order chi connectivity index (χ1) is 4.98. The summed E-state index contributed by atoms with van der Waals surface area (Å²) in [4.78, 5) is 0. The van der Waals surface area contributed by atoms with Gasteiger partial charge in [0.05, 0.1) is 0 Å². The Labute approximate surface area is 60.9 Å². The van der Waals surface area contributed by atoms with Crippen LogP contribution in [0.4, 0.5) is 17.6 Å². The van der Waals surface area contributed by atoms with E-state index < -0.39 is 29.4 Å². The van der Waals surface area contributed by atoms with Crippen LogP contribution in [-0.4, -0.2) is 11.3 Å². The number of hydrogen-bond donors (Lipinski definition) is 0. The van der Waals surface area contributed by atoms with Crippen LogP contribution in [0.2, 0.25) is 0 Å². The summed E-state index contributed by atoms with van der Waals surface area (Å²) in [6, 6.07) is 0. The molecule has 0 radical (unpaired) electrons. The quantitative estimate of drug-likeness (QED) is 0.485. The topological polar surface area (TPSA) is 0 Å². The summed E-state index contributed by atoms with van der Waals surface area (Å²) in [5.74, 6) is -3.04. The highest BCUT2D eigenvalue weighted by molar-refractivity contribution is 5.35. The third kappa shape index (κ3) is 0.650. The Morgan fingerprint density at radius 3 is 1.45 bits per heavy atom. The third-order valence-corrected chi connectivity index (χ3v) is 2.46. The van der Waals surface area contributed by atoms with Crippen LogP contribution in [0.1, 0.15) is 19.3 Å². The predicted molar refractivity (Wildman–Crippen MR) is 30.8 cm³/mol. The number of hydrogen-bond acceptors (Lipinski definition) is 0. The van der Waals surface area contributed by atoms with Crippen molar-refractivity contribution in [1.29, 1.82) is 0 Å². The van der Waals surface area contributed by atoms with Crippen molar-refractivity contribution in [3.63, 3.8) is 0 Å². The van der Waals surface area contributed by atoms with E-state index in [1.54, 1.807) is 0 Å². The molecule has 2 aliphatic carbocycles. The average Bonchev–Trinajstić information content (AvgIpc) is 2.32. The monoisotopic (exact) mass is 166 g/mol. The molecule has 1 unspecified atom stereocenters. The van der Waals surface area contributed by atoms with Gasteiger partial charge in [-0.05, 0) is 12.8 Å². The van der Waals surface area contributed by atoms with Gasteiger partial charge >= 0.3 is 0 Å². The fourth-order valence-electron chi connectivity index (χ4n) is 1.79. The summed E-state index contributed by atoms with van der Waals surface area (Å²) in [5, 5.41) is 0. The summed E-state index contributed by atoms with van der Waals surface area (Å²) in [5.41, 5.74) is -4.67. The summed E-state index contributed by atoms with van der Waals surface area (Å²) in [7, 11) is 0. The van der Waals surface area contributed by atoms with E-state index in [4.69, 9.17) is 0 Å². The zero-order chi connectivity index (χ0) is 8.28. The van der Waals surface area contributed by atoms with Gasteiger partial charge < -0.3 is 0 Å². The van der Waals surface area contributed by atoms with Crippen LogP contribution in [0.15, 0.2) is 11.7 Å². The average molecular weight is 166 g/mol. The van der Waals surface area contributed by atoms with Gasteiger partial charge in [0, 0.05) is 6.42 Å². The normalized spacial score (nSPS) is 49.1. The standard InChI is InChI=1S/C7H6F4/c8-4-5(9)7(11)2-1-6(4,10)3-7/h1-3H2/t6-,7?/m0/s1. The molecule has 2 atom stereocenters. The Morgan fingerprint density at radius 2 is 1.27 bits per heavy atom. The van der Waals surface area contributed by atoms with Crippen molar-refractivity contribution in [2.75, 3.05) is 0 Å². The molecule has 0 amide bonds. The molecule has 0 saturated heterocycles. The van der Waals surface area contributed by atoms with Crippen LogP contribution in [0.25, 0.3) is 0 Å². The molecular weight excluding hydrogens is 160 g/mol. The molecule has 0 aliphatic heterocycles. The summed E-state index contributed by atoms with van der Waals surface area (Å²) < 4.78 is 51.2. The van der Waals surface area contributed by atoms with Crippen molar-refractivity contribution in [2.24, 2.45) is 0 Å². The van der Waals surface area contributed by atoms with Gasteiger partial charge in [0.2, 0.25) is 0 Å². The molecule has 2 aliphatic rings. The molecule has 2 bridgehead atoms. The van der Waals surface area contributed by atoms with E-state index in [2.05, 4.69) is 0 Å². The van der Waals surface area contributed by atoms with Gasteiger partial charge in [-0.3, -0.25) is 0 Å². The number of allylic oxidation sites excluding steroid dienone is 2. The van der Waals surface area contributed by atoms with Gasteiger partial charge in [-0.15, -0.1) is 0 Å². The van der Waals surface area contributed by atoms with Crippen molar-refractivity contribution in [2.45, 2.75) is 30.6 Å². The molecule has 62 valence electrons. The van der Waals surface area contributed by atoms with Gasteiger partial charge in [0.1, 0.15) is 0 Å². The first-order valence-electron chi connectivity index (χ1n) is 3.42. The molecule has 0 aromatic carbocycles. The molecule has 4 heteroatoms. The minimum atomic E-state index is -2.33. The number of halogens is 4. The van der Waals surface area contributed by atoms with E-state index in [-0.39, 0.29) is 12.8 Å². The van der Waals surface area contributed by atoms with Crippen molar-refractivity contribution in [1.82, 2.24) is 0 Å². The Morgan fingerprint density at radius 1 is 0.909 bits per heavy atom. The zero-order valence-electron chi connectivity index (χ0n) is 5.63. The fourth-order valence-corrected chi connectivity index (χ4v) is 1.79. The lowest BCUT2D eigenvalue weighted by Gasteiger charge is -2.15. The maximum Gasteiger partial charge on any atom is 0.172 e. The van der Waals surface area contributed by atoms with E-state index in [0.717, 1.165) is 0 Å². The van der Waals surface area contributed by atoms with Crippen molar-refractivity contribution in [3.8, 4) is 0 Å². The summed E-state index contributed by atoms with van der Waals surface area (Å²) in [6.07, 6.45) is -1.14. The molecule has 0 heterocycles. The second-order valence-electron chi connectivity index (χ2n) is 3.24. The van der Waals surface area contributed by atoms with Gasteiger partial charge in [-0.2, -0.15) is 0 Å². The highest BCUT2D eigenvalue weighted by atomic mass is 19.2. The fraction of sp³-hybridized carbons (Fsp3) is 0.714. The molecule has 0 aromatic heterocycles. The minimum Gasteiger partial charge on any atom is -0.236 e. The molecule has 0 nitrogen and oxygen atoms in total. The van der Waals surface area contributed by atoms with Gasteiger partial charge in [0.15, 0.2) is 23.0 Å². The third-order valence-electron chi connectivity index (χ3n) is 2.46. The second-order valence-corrected chi connectivity index (χ2v) is 3.24. The van der Waals surface area contributed by atoms with Crippen molar-refractivity contribution in [3.05, 3.63) is 11.7 Å². The lowest BCUT2D eigenvalue weighted by Crippen LogP contribution is -2.17. The Balaban J connectivity index is 2.52. The molecule has 11 heavy (non-hydrogen) atoms. The first-order valence-corrected chi connectivity index (χ1v) is 3.42. The molecule has 0 N–H and O–H groups in total. The zero-order valence-corrected chi connectivity index (χ0v) is 5.63. The van der Waals surface area contributed by atoms with Gasteiger partial charge in [0.25, 0.3) is 0 Å². The van der Waals surface area contributed by atoms with E-state index in [9.17, 15) is 17.6 Å². The Hall–Kier alpha value is -0.540. The van der Waals surface area contributed by atoms with Gasteiger partial charge in [-0.1, -0.05) is 0 Å². The first kappa shape index (κ1) is 7.13. The van der Waals surface area contributed by atoms with E-state index in [0.29, 0.717) is 0 Å². The maximum absolute atomic E-state index is 13.1. The van der Waals surface area contributed by atoms with Crippen molar-refractivity contribution >= 4 is 0 Å². The van der Waals surface area contributed by atoms with Crippen LogP contribution < -0.4 is 0 Å². The maximum atomic E-state index is 13.1. The Bertz CT molecular complexity index is 223. The number of alkyl halides is 2. The molecule has 1 saturated carbocycles. The van der Waals surface area contributed by atoms with Crippen LogP contribution in [0, 0.1) is 0 Å². The van der Waals surface area contributed by atoms with Gasteiger partial charge in [-0.25, -0.2) is 17.6 Å². The Kier molecular flexibility index (Phi) is 1.05. The summed E-state index contributed by atoms with van der Waals surface area (Å²) >= 11 is 0. The molecule has 2 rings (SSSR count). The molecule has 0 spiro atoms. The molecular formula is C7H6F4. The molecule has 1 fully saturated rings. The summed E-state index contributed by atoms with van der Waals surface area (Å²) in [6.45, 7) is 0. The van der Waals surface area contributed by atoms with E-state index >= 15 is 0 Å². The number of fused-ring (bicyclic) bond motifs is 2. The van der Waals surface area contributed by atoms with Crippen molar-refractivity contribution < 1.29 is 17.6 Å². The number of rotatable bonds is 0. The highest BCUT2D eigenvalue weighted by Gasteiger charge is 2.63. The lowest BCUT2D eigenvalue weighted by atomic mass is 10.0. The smallest absolute Gasteiger partial charge is 0.172 e. The minimum absolute atomic E-state index is 0.233. The molecule has 0 aromatic rings. The SMILES string of the molecule is FC1=C(F)[C@]2(F)CCC1(F)C2. The van der Waals surface area contributed by atoms with Crippen LogP contribution in [-0.2, 0) is 0 Å². The lowest BCUT2D eigenvalue weighted by molar-refractivity contribution is 0.172.